The Kier molecular flexibility index (Phi) is 3.06. The van der Waals surface area contributed by atoms with Crippen LogP contribution in [0.1, 0.15) is 12.8 Å². The molecule has 2 rings (SSSR count). The zero-order valence-corrected chi connectivity index (χ0v) is 9.62. The number of nitrogens with zero attached hydrogens (tertiary/aromatic N) is 1. The molecule has 1 aromatic heterocycles. The van der Waals surface area contributed by atoms with Crippen molar-refractivity contribution in [3.63, 3.8) is 0 Å². The van der Waals surface area contributed by atoms with E-state index in [2.05, 4.69) is 20.9 Å². The van der Waals surface area contributed by atoms with Gasteiger partial charge in [0.05, 0.1) is 17.1 Å². The molecule has 1 fully saturated rings. The number of rotatable bonds is 2. The second-order valence-electron chi connectivity index (χ2n) is 3.52. The molecule has 0 bridgehead atoms. The molecule has 1 atom stereocenters. The van der Waals surface area contributed by atoms with E-state index in [9.17, 15) is 9.59 Å². The lowest BCUT2D eigenvalue weighted by molar-refractivity contribution is 0.0957. The molecule has 0 amide bonds. The van der Waals surface area contributed by atoms with E-state index in [0.29, 0.717) is 11.0 Å². The minimum atomic E-state index is -0.399. The summed E-state index contributed by atoms with van der Waals surface area (Å²) in [6.07, 6.45) is 3.58. The molecule has 1 aliphatic rings. The van der Waals surface area contributed by atoms with Gasteiger partial charge >= 0.3 is 5.69 Å². The van der Waals surface area contributed by atoms with Crippen LogP contribution < -0.4 is 11.2 Å². The minimum absolute atomic E-state index is 0.0838. The summed E-state index contributed by atoms with van der Waals surface area (Å²) in [6.45, 7) is 1.25. The Balaban J connectivity index is 2.24. The Morgan fingerprint density at radius 1 is 1.60 bits per heavy atom. The first kappa shape index (κ1) is 10.6. The monoisotopic (exact) mass is 274 g/mol. The summed E-state index contributed by atoms with van der Waals surface area (Å²) in [5.41, 5.74) is -0.790. The van der Waals surface area contributed by atoms with Gasteiger partial charge in [0.25, 0.3) is 5.56 Å². The molecule has 1 aromatic rings. The van der Waals surface area contributed by atoms with Gasteiger partial charge in [0.1, 0.15) is 0 Å². The number of hydrogen-bond donors (Lipinski definition) is 1. The number of aromatic nitrogens is 2. The SMILES string of the molecule is O=c1[nH]c(=O)n(CC2CCCO2)cc1Br. The average Bonchev–Trinajstić information content (AvgIpc) is 2.67. The molecule has 82 valence electrons. The van der Waals surface area contributed by atoms with E-state index >= 15 is 0 Å². The number of nitrogens with one attached hydrogen (secondary N) is 1. The van der Waals surface area contributed by atoms with E-state index < -0.39 is 11.2 Å². The molecule has 15 heavy (non-hydrogen) atoms. The Bertz CT molecular complexity index is 459. The second-order valence-corrected chi connectivity index (χ2v) is 4.38. The topological polar surface area (TPSA) is 64.1 Å². The van der Waals surface area contributed by atoms with Crippen molar-refractivity contribution in [1.29, 1.82) is 0 Å². The number of hydrogen-bond acceptors (Lipinski definition) is 3. The predicted molar refractivity (Wildman–Crippen MR) is 58.0 cm³/mol. The molecule has 1 unspecified atom stereocenters. The molecule has 1 saturated heterocycles. The van der Waals surface area contributed by atoms with Gasteiger partial charge in [0.15, 0.2) is 0 Å². The molecule has 6 heteroatoms. The van der Waals surface area contributed by atoms with Gasteiger partial charge in [0.2, 0.25) is 0 Å². The Hall–Kier alpha value is -0.880. The van der Waals surface area contributed by atoms with Crippen LogP contribution in [0.15, 0.2) is 20.3 Å². The summed E-state index contributed by atoms with van der Waals surface area (Å²) in [7, 11) is 0. The van der Waals surface area contributed by atoms with Gasteiger partial charge in [0, 0.05) is 12.8 Å². The lowest BCUT2D eigenvalue weighted by Gasteiger charge is -2.10. The smallest absolute Gasteiger partial charge is 0.328 e. The van der Waals surface area contributed by atoms with Gasteiger partial charge in [-0.15, -0.1) is 0 Å². The summed E-state index contributed by atoms with van der Waals surface area (Å²) >= 11 is 3.09. The third-order valence-electron chi connectivity index (χ3n) is 2.39. The van der Waals surface area contributed by atoms with E-state index in [-0.39, 0.29) is 6.10 Å². The van der Waals surface area contributed by atoms with Crippen LogP contribution in [0.5, 0.6) is 0 Å². The fraction of sp³-hybridized carbons (Fsp3) is 0.556. The van der Waals surface area contributed by atoms with Crippen molar-refractivity contribution in [2.45, 2.75) is 25.5 Å². The van der Waals surface area contributed by atoms with Gasteiger partial charge in [-0.25, -0.2) is 4.79 Å². The first-order valence-electron chi connectivity index (χ1n) is 4.77. The highest BCUT2D eigenvalue weighted by Gasteiger charge is 2.16. The Morgan fingerprint density at radius 3 is 3.07 bits per heavy atom. The van der Waals surface area contributed by atoms with Gasteiger partial charge in [-0.1, -0.05) is 0 Å². The van der Waals surface area contributed by atoms with E-state index in [4.69, 9.17) is 4.74 Å². The van der Waals surface area contributed by atoms with Crippen molar-refractivity contribution < 1.29 is 4.74 Å². The van der Waals surface area contributed by atoms with Crippen LogP contribution in [-0.4, -0.2) is 22.3 Å². The van der Waals surface area contributed by atoms with Crippen LogP contribution in [0.3, 0.4) is 0 Å². The van der Waals surface area contributed by atoms with Crippen LogP contribution in [-0.2, 0) is 11.3 Å². The molecule has 0 aliphatic carbocycles. The zero-order valence-electron chi connectivity index (χ0n) is 8.03. The van der Waals surface area contributed by atoms with E-state index in [0.717, 1.165) is 19.4 Å². The maximum atomic E-state index is 11.4. The van der Waals surface area contributed by atoms with Crippen molar-refractivity contribution in [3.05, 3.63) is 31.5 Å². The number of halogens is 1. The van der Waals surface area contributed by atoms with Crippen LogP contribution in [0.2, 0.25) is 0 Å². The summed E-state index contributed by atoms with van der Waals surface area (Å²) < 4.78 is 7.24. The van der Waals surface area contributed by atoms with Gasteiger partial charge < -0.3 is 4.74 Å². The van der Waals surface area contributed by atoms with Crippen molar-refractivity contribution in [3.8, 4) is 0 Å². The highest BCUT2D eigenvalue weighted by Crippen LogP contribution is 2.13. The lowest BCUT2D eigenvalue weighted by Crippen LogP contribution is -2.32. The largest absolute Gasteiger partial charge is 0.376 e. The Morgan fingerprint density at radius 2 is 2.40 bits per heavy atom. The van der Waals surface area contributed by atoms with Gasteiger partial charge in [-0.2, -0.15) is 0 Å². The van der Waals surface area contributed by atoms with Crippen molar-refractivity contribution >= 4 is 15.9 Å². The van der Waals surface area contributed by atoms with Crippen molar-refractivity contribution in [2.75, 3.05) is 6.61 Å². The standard InChI is InChI=1S/C9H11BrN2O3/c10-7-5-12(9(14)11-8(7)13)4-6-2-1-3-15-6/h5-6H,1-4H2,(H,11,13,14). The maximum absolute atomic E-state index is 11.4. The van der Waals surface area contributed by atoms with Crippen molar-refractivity contribution in [1.82, 2.24) is 9.55 Å². The number of H-pyrrole nitrogens is 1. The Labute approximate surface area is 94.2 Å². The molecule has 0 saturated carbocycles. The molecule has 0 radical (unpaired) electrons. The quantitative estimate of drug-likeness (QED) is 0.853. The van der Waals surface area contributed by atoms with Crippen LogP contribution in [0.25, 0.3) is 0 Å². The van der Waals surface area contributed by atoms with E-state index in [1.807, 2.05) is 0 Å². The second kappa shape index (κ2) is 4.32. The third kappa shape index (κ3) is 2.38. The highest BCUT2D eigenvalue weighted by molar-refractivity contribution is 9.10. The summed E-state index contributed by atoms with van der Waals surface area (Å²) in [6, 6.07) is 0. The fourth-order valence-corrected chi connectivity index (χ4v) is 1.97. The fourth-order valence-electron chi connectivity index (χ4n) is 1.63. The molecule has 0 aromatic carbocycles. The van der Waals surface area contributed by atoms with E-state index in [1.54, 1.807) is 0 Å². The molecular weight excluding hydrogens is 264 g/mol. The molecule has 0 spiro atoms. The third-order valence-corrected chi connectivity index (χ3v) is 2.96. The summed E-state index contributed by atoms with van der Waals surface area (Å²) in [5.74, 6) is 0. The zero-order chi connectivity index (χ0) is 10.8. The van der Waals surface area contributed by atoms with Gasteiger partial charge in [-0.05, 0) is 28.8 Å². The van der Waals surface area contributed by atoms with Crippen molar-refractivity contribution in [2.24, 2.45) is 0 Å². The molecule has 1 aliphatic heterocycles. The summed E-state index contributed by atoms with van der Waals surface area (Å²) in [5, 5.41) is 0. The van der Waals surface area contributed by atoms with Crippen LogP contribution >= 0.6 is 15.9 Å². The maximum Gasteiger partial charge on any atom is 0.328 e. The number of ether oxygens (including phenoxy) is 1. The molecular formula is C9H11BrN2O3. The van der Waals surface area contributed by atoms with Gasteiger partial charge in [-0.3, -0.25) is 14.3 Å². The minimum Gasteiger partial charge on any atom is -0.376 e. The first-order chi connectivity index (χ1) is 7.16. The molecule has 5 nitrogen and oxygen atoms in total. The lowest BCUT2D eigenvalue weighted by atomic mass is 10.2. The number of aromatic amines is 1. The molecule has 2 heterocycles. The summed E-state index contributed by atoms with van der Waals surface area (Å²) in [4.78, 5) is 24.7. The van der Waals surface area contributed by atoms with Crippen LogP contribution in [0.4, 0.5) is 0 Å². The normalized spacial score (nSPS) is 20.7. The van der Waals surface area contributed by atoms with E-state index in [1.165, 1.54) is 10.8 Å². The average molecular weight is 275 g/mol. The predicted octanol–water partition coefficient (Wildman–Crippen LogP) is 0.478. The molecule has 1 N–H and O–H groups in total. The van der Waals surface area contributed by atoms with Crippen LogP contribution in [0, 0.1) is 0 Å². The highest BCUT2D eigenvalue weighted by atomic mass is 79.9. The first-order valence-corrected chi connectivity index (χ1v) is 5.57.